The first-order chi connectivity index (χ1) is 9.18. The van der Waals surface area contributed by atoms with E-state index in [0.717, 1.165) is 36.9 Å². The molecule has 1 heterocycles. The number of nitrogens with zero attached hydrogens (tertiary/aromatic N) is 1. The Bertz CT molecular complexity index is 600. The van der Waals surface area contributed by atoms with Crippen molar-refractivity contribution in [2.24, 2.45) is 10.9 Å². The molecule has 4 rings (SSSR count). The van der Waals surface area contributed by atoms with Gasteiger partial charge in [0.15, 0.2) is 5.78 Å². The van der Waals surface area contributed by atoms with E-state index in [1.54, 1.807) is 0 Å². The zero-order chi connectivity index (χ0) is 13.0. The van der Waals surface area contributed by atoms with Crippen LogP contribution in [0.15, 0.2) is 23.2 Å². The van der Waals surface area contributed by atoms with Crippen LogP contribution >= 0.6 is 0 Å². The molecule has 18 heavy (non-hydrogen) atoms. The second-order valence-electron chi connectivity index (χ2n) is 5.61. The maximum Gasteiger partial charge on any atom is 0.154 e. The highest BCUT2D eigenvalue weighted by molar-refractivity contribution is 5.90. The molecule has 1 aliphatic heterocycles. The van der Waals surface area contributed by atoms with Crippen LogP contribution in [-0.4, -0.2) is 18.5 Å². The zero-order valence-corrected chi connectivity index (χ0v) is 10.2. The second-order valence-corrected chi connectivity index (χ2v) is 5.61. The average Bonchev–Trinajstić information content (AvgIpc) is 3.28. The summed E-state index contributed by atoms with van der Waals surface area (Å²) in [6.45, 7) is 0.402. The third kappa shape index (κ3) is 1.57. The second kappa shape index (κ2) is 3.44. The predicted molar refractivity (Wildman–Crippen MR) is 71.2 cm³/mol. The molecule has 2 saturated carbocycles. The molecule has 0 unspecified atom stereocenters. The van der Waals surface area contributed by atoms with Gasteiger partial charge in [0.25, 0.3) is 0 Å². The Balaban J connectivity index is 1.54. The van der Waals surface area contributed by atoms with E-state index in [2.05, 4.69) is 16.4 Å². The van der Waals surface area contributed by atoms with Crippen LogP contribution < -0.4 is 5.32 Å². The molecule has 0 aromatic heterocycles. The number of benzene rings is 1. The number of Topliss-reactive ketones (excluding diaryl/α,β-unsaturated/α-hetero) is 1. The molecular weight excluding hydrogens is 224 g/mol. The first kappa shape index (κ1) is 9.31. The SMILES string of the molecule is [2H]C1=NC2(CC2)c2ccc(NCC(=O)C3CC3)cc21. The fraction of sp³-hybridized carbons (Fsp3) is 0.467. The van der Waals surface area contributed by atoms with Gasteiger partial charge in [0, 0.05) is 17.8 Å². The molecule has 1 N–H and O–H groups in total. The van der Waals surface area contributed by atoms with E-state index in [4.69, 9.17) is 1.37 Å². The van der Waals surface area contributed by atoms with Gasteiger partial charge in [-0.15, -0.1) is 0 Å². The number of nitrogens with one attached hydrogen (secondary N) is 1. The number of carbonyl (C=O) groups excluding carboxylic acids is 1. The van der Waals surface area contributed by atoms with Gasteiger partial charge in [0.2, 0.25) is 0 Å². The summed E-state index contributed by atoms with van der Waals surface area (Å²) >= 11 is 0. The van der Waals surface area contributed by atoms with Gasteiger partial charge in [-0.3, -0.25) is 9.79 Å². The lowest BCUT2D eigenvalue weighted by Gasteiger charge is -2.09. The minimum Gasteiger partial charge on any atom is -0.378 e. The fourth-order valence-corrected chi connectivity index (χ4v) is 2.62. The van der Waals surface area contributed by atoms with Crippen LogP contribution in [0, 0.1) is 5.92 Å². The van der Waals surface area contributed by atoms with Crippen molar-refractivity contribution in [3.8, 4) is 0 Å². The van der Waals surface area contributed by atoms with Crippen LogP contribution in [-0.2, 0) is 10.3 Å². The number of carbonyl (C=O) groups is 1. The predicted octanol–water partition coefficient (Wildman–Crippen LogP) is 2.50. The first-order valence-corrected chi connectivity index (χ1v) is 6.66. The van der Waals surface area contributed by atoms with Gasteiger partial charge in [-0.25, -0.2) is 0 Å². The van der Waals surface area contributed by atoms with Crippen molar-refractivity contribution in [1.82, 2.24) is 0 Å². The van der Waals surface area contributed by atoms with E-state index in [9.17, 15) is 4.79 Å². The summed E-state index contributed by atoms with van der Waals surface area (Å²) in [5, 5.41) is 3.18. The van der Waals surface area contributed by atoms with Crippen LogP contribution in [0.2, 0.25) is 0 Å². The summed E-state index contributed by atoms with van der Waals surface area (Å²) in [5.41, 5.74) is 2.98. The molecule has 1 spiro atoms. The number of anilines is 1. The molecule has 92 valence electrons. The van der Waals surface area contributed by atoms with Crippen molar-refractivity contribution >= 4 is 17.7 Å². The van der Waals surface area contributed by atoms with Crippen molar-refractivity contribution < 1.29 is 6.17 Å². The molecule has 0 amide bonds. The Hall–Kier alpha value is -1.64. The molecule has 0 bridgehead atoms. The Morgan fingerprint density at radius 1 is 1.50 bits per heavy atom. The Kier molecular flexibility index (Phi) is 1.78. The quantitative estimate of drug-likeness (QED) is 0.880. The number of hydrogen-bond acceptors (Lipinski definition) is 3. The zero-order valence-electron chi connectivity index (χ0n) is 11.2. The highest BCUT2D eigenvalue weighted by Crippen LogP contribution is 2.53. The monoisotopic (exact) mass is 241 g/mol. The minimum absolute atomic E-state index is 0.0607. The molecular formula is C15H16N2O. The first-order valence-electron chi connectivity index (χ1n) is 7.16. The van der Waals surface area contributed by atoms with Gasteiger partial charge in [-0.2, -0.15) is 0 Å². The number of fused-ring (bicyclic) bond motifs is 2. The van der Waals surface area contributed by atoms with E-state index in [-0.39, 0.29) is 5.54 Å². The number of rotatable bonds is 4. The number of aliphatic imine (C=N–C) groups is 1. The molecule has 1 aromatic rings. The van der Waals surface area contributed by atoms with Gasteiger partial charge in [-0.1, -0.05) is 6.07 Å². The molecule has 2 fully saturated rings. The van der Waals surface area contributed by atoms with Gasteiger partial charge in [0.1, 0.15) is 0 Å². The van der Waals surface area contributed by atoms with E-state index in [0.29, 0.717) is 24.4 Å². The summed E-state index contributed by atoms with van der Waals surface area (Å²) in [7, 11) is 0. The minimum atomic E-state index is -0.0607. The standard InChI is InChI=1S/C15H16N2O/c18-14(10-1-2-10)9-16-12-3-4-13-11(7-12)8-17-15(13)5-6-15/h3-4,7-8,10,16H,1-2,5-6,9H2/i8D. The lowest BCUT2D eigenvalue weighted by Crippen LogP contribution is -2.15. The highest BCUT2D eigenvalue weighted by Gasteiger charge is 2.47. The van der Waals surface area contributed by atoms with Crippen molar-refractivity contribution in [2.75, 3.05) is 11.9 Å². The number of hydrogen-bond donors (Lipinski definition) is 1. The summed E-state index contributed by atoms with van der Waals surface area (Å²) < 4.78 is 7.96. The van der Waals surface area contributed by atoms with Crippen molar-refractivity contribution in [3.05, 3.63) is 29.3 Å². The molecule has 0 saturated heterocycles. The summed E-state index contributed by atoms with van der Waals surface area (Å²) in [4.78, 5) is 16.1. The summed E-state index contributed by atoms with van der Waals surface area (Å²) in [6.07, 6.45) is 4.63. The smallest absolute Gasteiger partial charge is 0.154 e. The van der Waals surface area contributed by atoms with E-state index >= 15 is 0 Å². The van der Waals surface area contributed by atoms with Gasteiger partial charge < -0.3 is 5.32 Å². The molecule has 0 atom stereocenters. The van der Waals surface area contributed by atoms with Gasteiger partial charge >= 0.3 is 0 Å². The number of ketones is 1. The summed E-state index contributed by atoms with van der Waals surface area (Å²) in [6, 6.07) is 6.04. The summed E-state index contributed by atoms with van der Waals surface area (Å²) in [5.74, 6) is 0.601. The van der Waals surface area contributed by atoms with Crippen LogP contribution in [0.1, 0.15) is 38.2 Å². The van der Waals surface area contributed by atoms with Crippen molar-refractivity contribution in [2.45, 2.75) is 31.2 Å². The molecule has 3 nitrogen and oxygen atoms in total. The normalized spacial score (nSPS) is 23.3. The van der Waals surface area contributed by atoms with Crippen LogP contribution in [0.25, 0.3) is 0 Å². The Labute approximate surface area is 108 Å². The Morgan fingerprint density at radius 3 is 3.06 bits per heavy atom. The molecule has 3 heteroatoms. The lowest BCUT2D eigenvalue weighted by atomic mass is 10.0. The van der Waals surface area contributed by atoms with Crippen LogP contribution in [0.5, 0.6) is 0 Å². The van der Waals surface area contributed by atoms with Crippen molar-refractivity contribution in [3.63, 3.8) is 0 Å². The molecule has 1 aromatic carbocycles. The maximum atomic E-state index is 11.7. The maximum absolute atomic E-state index is 11.7. The van der Waals surface area contributed by atoms with E-state index < -0.39 is 0 Å². The van der Waals surface area contributed by atoms with Gasteiger partial charge in [-0.05, 0) is 48.9 Å². The molecule has 2 aliphatic carbocycles. The molecule has 3 aliphatic rings. The van der Waals surface area contributed by atoms with E-state index in [1.165, 1.54) is 5.56 Å². The average molecular weight is 241 g/mol. The molecule has 0 radical (unpaired) electrons. The topological polar surface area (TPSA) is 41.5 Å². The third-order valence-electron chi connectivity index (χ3n) is 4.13. The van der Waals surface area contributed by atoms with Gasteiger partial charge in [0.05, 0.1) is 13.5 Å². The lowest BCUT2D eigenvalue weighted by molar-refractivity contribution is -0.118. The van der Waals surface area contributed by atoms with Crippen molar-refractivity contribution in [1.29, 1.82) is 0 Å². The van der Waals surface area contributed by atoms with Crippen LogP contribution in [0.3, 0.4) is 0 Å². The largest absolute Gasteiger partial charge is 0.378 e. The fourth-order valence-electron chi connectivity index (χ4n) is 2.62. The Morgan fingerprint density at radius 2 is 2.33 bits per heavy atom. The van der Waals surface area contributed by atoms with Crippen LogP contribution in [0.4, 0.5) is 5.69 Å². The highest BCUT2D eigenvalue weighted by atomic mass is 16.1. The van der Waals surface area contributed by atoms with E-state index in [1.807, 2.05) is 12.1 Å². The third-order valence-corrected chi connectivity index (χ3v) is 4.13.